The third-order valence-corrected chi connectivity index (χ3v) is 3.31. The van der Waals surface area contributed by atoms with Crippen LogP contribution in [0, 0.1) is 10.1 Å². The Morgan fingerprint density at radius 1 is 1.45 bits per heavy atom. The third-order valence-electron chi connectivity index (χ3n) is 3.31. The van der Waals surface area contributed by atoms with Gasteiger partial charge in [-0.15, -0.1) is 0 Å². The van der Waals surface area contributed by atoms with Crippen LogP contribution in [0.5, 0.6) is 0 Å². The van der Waals surface area contributed by atoms with E-state index in [0.29, 0.717) is 12.0 Å². The molecule has 0 radical (unpaired) electrons. The molecule has 1 rings (SSSR count). The number of carbonyl (C=O) groups is 1. The highest BCUT2D eigenvalue weighted by molar-refractivity contribution is 5.76. The van der Waals surface area contributed by atoms with Crippen molar-refractivity contribution < 1.29 is 14.8 Å². The SMILES string of the molecule is CC(O)CCC(=O)N(C)C(C)c1cccc([N+](=O)[O-])c1. The highest BCUT2D eigenvalue weighted by atomic mass is 16.6. The number of carbonyl (C=O) groups excluding carboxylic acids is 1. The van der Waals surface area contributed by atoms with Crippen LogP contribution >= 0.6 is 0 Å². The minimum absolute atomic E-state index is 0.0131. The summed E-state index contributed by atoms with van der Waals surface area (Å²) in [5.41, 5.74) is 0.728. The van der Waals surface area contributed by atoms with Crippen molar-refractivity contribution in [3.63, 3.8) is 0 Å². The quantitative estimate of drug-likeness (QED) is 0.640. The van der Waals surface area contributed by atoms with Gasteiger partial charge in [0.2, 0.25) is 5.91 Å². The lowest BCUT2D eigenvalue weighted by atomic mass is 10.1. The highest BCUT2D eigenvalue weighted by Gasteiger charge is 2.19. The van der Waals surface area contributed by atoms with Crippen LogP contribution in [0.1, 0.15) is 38.3 Å². The van der Waals surface area contributed by atoms with Gasteiger partial charge in [-0.1, -0.05) is 12.1 Å². The van der Waals surface area contributed by atoms with Crippen LogP contribution in [-0.4, -0.2) is 34.0 Å². The summed E-state index contributed by atoms with van der Waals surface area (Å²) >= 11 is 0. The van der Waals surface area contributed by atoms with E-state index in [-0.39, 0.29) is 24.1 Å². The topological polar surface area (TPSA) is 83.7 Å². The smallest absolute Gasteiger partial charge is 0.269 e. The molecule has 0 aromatic heterocycles. The molecular formula is C14H20N2O4. The summed E-state index contributed by atoms with van der Waals surface area (Å²) in [6, 6.07) is 6.01. The van der Waals surface area contributed by atoms with Gasteiger partial charge in [0.1, 0.15) is 0 Å². The van der Waals surface area contributed by atoms with Crippen LogP contribution in [0.2, 0.25) is 0 Å². The predicted molar refractivity (Wildman–Crippen MR) is 75.2 cm³/mol. The minimum Gasteiger partial charge on any atom is -0.393 e. The second kappa shape index (κ2) is 7.00. The first kappa shape index (κ1) is 16.1. The van der Waals surface area contributed by atoms with Crippen molar-refractivity contribution in [2.75, 3.05) is 7.05 Å². The van der Waals surface area contributed by atoms with E-state index in [1.807, 2.05) is 6.92 Å². The van der Waals surface area contributed by atoms with Gasteiger partial charge in [0.25, 0.3) is 5.69 Å². The molecule has 0 saturated carbocycles. The zero-order valence-corrected chi connectivity index (χ0v) is 11.9. The van der Waals surface area contributed by atoms with E-state index in [0.717, 1.165) is 0 Å². The number of aliphatic hydroxyl groups excluding tert-OH is 1. The van der Waals surface area contributed by atoms with Crippen molar-refractivity contribution in [3.8, 4) is 0 Å². The number of nitro benzene ring substituents is 1. The van der Waals surface area contributed by atoms with Gasteiger partial charge in [-0.05, 0) is 25.8 Å². The molecule has 0 aliphatic carbocycles. The Balaban J connectivity index is 2.78. The Bertz CT molecular complexity index is 488. The van der Waals surface area contributed by atoms with E-state index in [1.54, 1.807) is 31.0 Å². The number of hydrogen-bond acceptors (Lipinski definition) is 4. The maximum atomic E-state index is 12.0. The highest BCUT2D eigenvalue weighted by Crippen LogP contribution is 2.23. The molecule has 1 aromatic carbocycles. The first-order chi connectivity index (χ1) is 9.32. The molecular weight excluding hydrogens is 260 g/mol. The van der Waals surface area contributed by atoms with Gasteiger partial charge in [0.15, 0.2) is 0 Å². The lowest BCUT2D eigenvalue weighted by molar-refractivity contribution is -0.384. The third kappa shape index (κ3) is 4.31. The minimum atomic E-state index is -0.513. The second-order valence-electron chi connectivity index (χ2n) is 4.92. The molecule has 20 heavy (non-hydrogen) atoms. The van der Waals surface area contributed by atoms with Gasteiger partial charge in [-0.2, -0.15) is 0 Å². The Hall–Kier alpha value is -1.95. The normalized spacial score (nSPS) is 13.6. The van der Waals surface area contributed by atoms with Crippen molar-refractivity contribution in [2.45, 2.75) is 38.8 Å². The number of nitro groups is 1. The largest absolute Gasteiger partial charge is 0.393 e. The van der Waals surface area contributed by atoms with Gasteiger partial charge >= 0.3 is 0 Å². The molecule has 0 aliphatic rings. The zero-order valence-electron chi connectivity index (χ0n) is 11.9. The molecule has 110 valence electrons. The van der Waals surface area contributed by atoms with Gasteiger partial charge in [0.05, 0.1) is 17.1 Å². The molecule has 0 heterocycles. The number of non-ortho nitro benzene ring substituents is 1. The van der Waals surface area contributed by atoms with Crippen LogP contribution in [-0.2, 0) is 4.79 Å². The number of hydrogen-bond donors (Lipinski definition) is 1. The van der Waals surface area contributed by atoms with Crippen LogP contribution in [0.3, 0.4) is 0 Å². The fourth-order valence-corrected chi connectivity index (χ4v) is 1.85. The molecule has 1 N–H and O–H groups in total. The van der Waals surface area contributed by atoms with Crippen molar-refractivity contribution in [1.82, 2.24) is 4.90 Å². The second-order valence-corrected chi connectivity index (χ2v) is 4.92. The molecule has 2 atom stereocenters. The summed E-state index contributed by atoms with van der Waals surface area (Å²) in [7, 11) is 1.66. The number of rotatable bonds is 6. The summed E-state index contributed by atoms with van der Waals surface area (Å²) in [6.07, 6.45) is 0.151. The molecule has 0 saturated heterocycles. The summed E-state index contributed by atoms with van der Waals surface area (Å²) in [6.45, 7) is 3.45. The first-order valence-corrected chi connectivity index (χ1v) is 6.51. The van der Waals surface area contributed by atoms with Gasteiger partial charge < -0.3 is 10.0 Å². The molecule has 0 fully saturated rings. The predicted octanol–water partition coefficient (Wildman–Crippen LogP) is 2.28. The van der Waals surface area contributed by atoms with E-state index < -0.39 is 11.0 Å². The number of amides is 1. The summed E-state index contributed by atoms with van der Waals surface area (Å²) in [5.74, 6) is -0.0927. The Morgan fingerprint density at radius 2 is 2.10 bits per heavy atom. The molecule has 1 aromatic rings. The van der Waals surface area contributed by atoms with E-state index in [4.69, 9.17) is 0 Å². The maximum absolute atomic E-state index is 12.0. The monoisotopic (exact) mass is 280 g/mol. The summed E-state index contributed by atoms with van der Waals surface area (Å²) in [4.78, 5) is 23.8. The Labute approximate surface area is 118 Å². The lowest BCUT2D eigenvalue weighted by Gasteiger charge is -2.25. The maximum Gasteiger partial charge on any atom is 0.269 e. The summed E-state index contributed by atoms with van der Waals surface area (Å²) < 4.78 is 0. The van der Waals surface area contributed by atoms with Crippen molar-refractivity contribution in [3.05, 3.63) is 39.9 Å². The van der Waals surface area contributed by atoms with Crippen LogP contribution in [0.15, 0.2) is 24.3 Å². The van der Waals surface area contributed by atoms with Crippen LogP contribution in [0.25, 0.3) is 0 Å². The van der Waals surface area contributed by atoms with Crippen LogP contribution in [0.4, 0.5) is 5.69 Å². The average molecular weight is 280 g/mol. The van der Waals surface area contributed by atoms with E-state index >= 15 is 0 Å². The molecule has 6 heteroatoms. The number of aliphatic hydroxyl groups is 1. The van der Waals surface area contributed by atoms with Gasteiger partial charge in [0, 0.05) is 25.6 Å². The van der Waals surface area contributed by atoms with E-state index in [1.165, 1.54) is 12.1 Å². The van der Waals surface area contributed by atoms with Gasteiger partial charge in [-0.3, -0.25) is 14.9 Å². The molecule has 0 aliphatic heterocycles. The van der Waals surface area contributed by atoms with E-state index in [2.05, 4.69) is 0 Å². The number of nitrogens with zero attached hydrogens (tertiary/aromatic N) is 2. The summed E-state index contributed by atoms with van der Waals surface area (Å²) in [5, 5.41) is 19.9. The Morgan fingerprint density at radius 3 is 2.65 bits per heavy atom. The van der Waals surface area contributed by atoms with Crippen molar-refractivity contribution in [2.24, 2.45) is 0 Å². The van der Waals surface area contributed by atoms with Crippen molar-refractivity contribution >= 4 is 11.6 Å². The molecule has 1 amide bonds. The molecule has 0 bridgehead atoms. The standard InChI is InChI=1S/C14H20N2O4/c1-10(17)7-8-14(18)15(3)11(2)12-5-4-6-13(9-12)16(19)20/h4-6,9-11,17H,7-8H2,1-3H3. The fourth-order valence-electron chi connectivity index (χ4n) is 1.85. The number of benzene rings is 1. The van der Waals surface area contributed by atoms with E-state index in [9.17, 15) is 20.0 Å². The molecule has 0 spiro atoms. The molecule has 6 nitrogen and oxygen atoms in total. The lowest BCUT2D eigenvalue weighted by Crippen LogP contribution is -2.30. The fraction of sp³-hybridized carbons (Fsp3) is 0.500. The van der Waals surface area contributed by atoms with Gasteiger partial charge in [-0.25, -0.2) is 0 Å². The first-order valence-electron chi connectivity index (χ1n) is 6.51. The zero-order chi connectivity index (χ0) is 15.3. The van der Waals surface area contributed by atoms with Crippen LogP contribution < -0.4 is 0 Å². The van der Waals surface area contributed by atoms with Crippen molar-refractivity contribution in [1.29, 1.82) is 0 Å². The Kier molecular flexibility index (Phi) is 5.64. The molecule has 2 unspecified atom stereocenters. The average Bonchev–Trinajstić information content (AvgIpc) is 2.43.